The van der Waals surface area contributed by atoms with E-state index in [1.165, 1.54) is 38.6 Å². The van der Waals surface area contributed by atoms with E-state index >= 15 is 0 Å². The Balaban J connectivity index is 2.34. The molecule has 0 fully saturated rings. The predicted molar refractivity (Wildman–Crippen MR) is 98.1 cm³/mol. The normalized spacial score (nSPS) is 12.5. The molecular weight excluding hydrogens is 264 g/mol. The highest BCUT2D eigenvalue weighted by Gasteiger charge is 2.19. The number of rotatable bonds is 1. The van der Waals surface area contributed by atoms with Crippen LogP contribution in [0.2, 0.25) is 0 Å². The molecule has 22 heavy (non-hydrogen) atoms. The monoisotopic (exact) mass is 290 g/mol. The lowest BCUT2D eigenvalue weighted by Crippen LogP contribution is -2.10. The Bertz CT molecular complexity index is 800. The summed E-state index contributed by atoms with van der Waals surface area (Å²) in [5, 5.41) is 2.79. The molecule has 2 aliphatic rings. The van der Waals surface area contributed by atoms with Crippen molar-refractivity contribution in [2.45, 2.75) is 52.9 Å². The van der Waals surface area contributed by atoms with Gasteiger partial charge in [0.25, 0.3) is 0 Å². The van der Waals surface area contributed by atoms with Gasteiger partial charge in [0.2, 0.25) is 0 Å². The highest BCUT2D eigenvalue weighted by molar-refractivity contribution is 6.05. The fourth-order valence-corrected chi connectivity index (χ4v) is 3.25. The van der Waals surface area contributed by atoms with E-state index in [0.717, 1.165) is 0 Å². The molecule has 114 valence electrons. The van der Waals surface area contributed by atoms with Crippen molar-refractivity contribution in [1.82, 2.24) is 0 Å². The zero-order valence-corrected chi connectivity index (χ0v) is 14.6. The van der Waals surface area contributed by atoms with Crippen LogP contribution in [-0.4, -0.2) is 0 Å². The zero-order chi connectivity index (χ0) is 16.1. The second kappa shape index (κ2) is 5.12. The first-order chi connectivity index (χ1) is 10.3. The van der Waals surface area contributed by atoms with E-state index in [1.54, 1.807) is 0 Å². The van der Waals surface area contributed by atoms with Gasteiger partial charge in [0.05, 0.1) is 0 Å². The summed E-state index contributed by atoms with van der Waals surface area (Å²) in [6.07, 6.45) is 0. The molecule has 0 amide bonds. The molecular formula is C22H26. The summed E-state index contributed by atoms with van der Waals surface area (Å²) in [5.74, 6) is 0.554. The van der Waals surface area contributed by atoms with Crippen LogP contribution in [0.3, 0.4) is 0 Å². The van der Waals surface area contributed by atoms with Crippen molar-refractivity contribution in [2.24, 2.45) is 0 Å². The minimum Gasteiger partial charge on any atom is -0.0613 e. The van der Waals surface area contributed by atoms with Crippen molar-refractivity contribution in [3.8, 4) is 11.1 Å². The Labute approximate surface area is 134 Å². The number of fused-ring (bicyclic) bond motifs is 3. The first-order valence-electron chi connectivity index (χ1n) is 8.25. The van der Waals surface area contributed by atoms with E-state index in [9.17, 15) is 0 Å². The van der Waals surface area contributed by atoms with Crippen LogP contribution in [0.1, 0.15) is 57.2 Å². The van der Waals surface area contributed by atoms with Crippen LogP contribution in [0, 0.1) is 6.92 Å². The first kappa shape index (κ1) is 15.1. The molecule has 3 rings (SSSR count). The van der Waals surface area contributed by atoms with Crippen molar-refractivity contribution < 1.29 is 0 Å². The summed E-state index contributed by atoms with van der Waals surface area (Å²) in [6, 6.07) is 16.1. The maximum Gasteiger partial charge on any atom is -0.00995 e. The average Bonchev–Trinajstić information content (AvgIpc) is 2.62. The van der Waals surface area contributed by atoms with Gasteiger partial charge in [0.15, 0.2) is 0 Å². The first-order valence-corrected chi connectivity index (χ1v) is 8.25. The smallest absolute Gasteiger partial charge is 0.00995 e. The summed E-state index contributed by atoms with van der Waals surface area (Å²) in [6.45, 7) is 13.6. The third-order valence-corrected chi connectivity index (χ3v) is 4.80. The quantitative estimate of drug-likeness (QED) is 0.469. The second-order valence-electron chi connectivity index (χ2n) is 7.79. The molecule has 0 N–H and O–H groups in total. The molecule has 0 heterocycles. The van der Waals surface area contributed by atoms with E-state index in [1.807, 2.05) is 0 Å². The van der Waals surface area contributed by atoms with Gasteiger partial charge in [-0.25, -0.2) is 0 Å². The maximum absolute atomic E-state index is 2.39. The Morgan fingerprint density at radius 2 is 1.55 bits per heavy atom. The molecule has 1 aromatic carbocycles. The highest BCUT2D eigenvalue weighted by Crippen LogP contribution is 2.40. The maximum atomic E-state index is 2.39. The number of benzene rings is 1. The van der Waals surface area contributed by atoms with E-state index < -0.39 is 0 Å². The molecule has 0 saturated heterocycles. The van der Waals surface area contributed by atoms with Gasteiger partial charge in [-0.15, -0.1) is 0 Å². The topological polar surface area (TPSA) is 0 Å². The molecule has 0 nitrogen and oxygen atoms in total. The van der Waals surface area contributed by atoms with Crippen LogP contribution in [0.4, 0.5) is 0 Å². The van der Waals surface area contributed by atoms with Crippen LogP contribution < -0.4 is 0 Å². The van der Waals surface area contributed by atoms with Crippen LogP contribution in [-0.2, 0) is 5.41 Å². The lowest BCUT2D eigenvalue weighted by molar-refractivity contribution is 0.591. The van der Waals surface area contributed by atoms with E-state index in [4.69, 9.17) is 0 Å². The number of hydrogen-bond donors (Lipinski definition) is 0. The average molecular weight is 290 g/mol. The zero-order valence-electron chi connectivity index (χ0n) is 14.6. The van der Waals surface area contributed by atoms with Crippen LogP contribution >= 0.6 is 0 Å². The van der Waals surface area contributed by atoms with Crippen LogP contribution in [0.5, 0.6) is 0 Å². The SMILES string of the molecule is Cc1c2cc(C(C)C)cccc-2c2cc(C(C)(C)C)ccc12. The molecule has 2 aliphatic carbocycles. The number of aryl methyl sites for hydroxylation is 1. The van der Waals surface area contributed by atoms with Crippen molar-refractivity contribution in [3.05, 3.63) is 59.2 Å². The molecule has 0 saturated carbocycles. The minimum absolute atomic E-state index is 0.186. The Morgan fingerprint density at radius 3 is 2.18 bits per heavy atom. The van der Waals surface area contributed by atoms with Gasteiger partial charge in [-0.3, -0.25) is 0 Å². The standard InChI is InChI=1S/C22H26/c1-14(2)16-8-7-9-19-20(12-16)15(3)18-11-10-17(13-21(18)19)22(4,5)6/h7-14H,1-6H3. The molecule has 0 bridgehead atoms. The van der Waals surface area contributed by atoms with Crippen molar-refractivity contribution in [1.29, 1.82) is 0 Å². The van der Waals surface area contributed by atoms with E-state index in [0.29, 0.717) is 5.92 Å². The van der Waals surface area contributed by atoms with Gasteiger partial charge in [-0.2, -0.15) is 0 Å². The third-order valence-electron chi connectivity index (χ3n) is 4.80. The summed E-state index contributed by atoms with van der Waals surface area (Å²) in [5.41, 5.74) is 7.18. The van der Waals surface area contributed by atoms with Gasteiger partial charge >= 0.3 is 0 Å². The van der Waals surface area contributed by atoms with Gasteiger partial charge < -0.3 is 0 Å². The molecule has 0 unspecified atom stereocenters. The molecule has 0 aliphatic heterocycles. The Hall–Kier alpha value is -1.82. The summed E-state index contributed by atoms with van der Waals surface area (Å²) in [7, 11) is 0. The summed E-state index contributed by atoms with van der Waals surface area (Å²) >= 11 is 0. The second-order valence-corrected chi connectivity index (χ2v) is 7.79. The van der Waals surface area contributed by atoms with Crippen LogP contribution in [0.25, 0.3) is 21.9 Å². The lowest BCUT2D eigenvalue weighted by Gasteiger charge is -2.19. The minimum atomic E-state index is 0.186. The largest absolute Gasteiger partial charge is 0.0613 e. The van der Waals surface area contributed by atoms with E-state index in [-0.39, 0.29) is 5.41 Å². The molecule has 0 atom stereocenters. The van der Waals surface area contributed by atoms with Gasteiger partial charge in [0.1, 0.15) is 0 Å². The van der Waals surface area contributed by atoms with E-state index in [2.05, 4.69) is 84.0 Å². The fourth-order valence-electron chi connectivity index (χ4n) is 3.25. The number of hydrogen-bond acceptors (Lipinski definition) is 0. The van der Waals surface area contributed by atoms with Crippen molar-refractivity contribution >= 4 is 10.8 Å². The van der Waals surface area contributed by atoms with Gasteiger partial charge in [-0.05, 0) is 62.9 Å². The highest BCUT2D eigenvalue weighted by atomic mass is 14.2. The predicted octanol–water partition coefficient (Wildman–Crippen LogP) is 6.67. The Morgan fingerprint density at radius 1 is 0.818 bits per heavy atom. The molecule has 0 aromatic heterocycles. The summed E-state index contributed by atoms with van der Waals surface area (Å²) < 4.78 is 0. The lowest BCUT2D eigenvalue weighted by atomic mass is 9.86. The van der Waals surface area contributed by atoms with Crippen molar-refractivity contribution in [3.63, 3.8) is 0 Å². The van der Waals surface area contributed by atoms with Crippen molar-refractivity contribution in [2.75, 3.05) is 0 Å². The van der Waals surface area contributed by atoms with Crippen LogP contribution in [0.15, 0.2) is 42.5 Å². The van der Waals surface area contributed by atoms with Gasteiger partial charge in [-0.1, -0.05) is 71.0 Å². The molecule has 0 radical (unpaired) electrons. The summed E-state index contributed by atoms with van der Waals surface area (Å²) in [4.78, 5) is 0. The fraction of sp³-hybridized carbons (Fsp3) is 0.364. The van der Waals surface area contributed by atoms with Gasteiger partial charge in [0, 0.05) is 0 Å². The Kier molecular flexibility index (Phi) is 3.51. The third kappa shape index (κ3) is 2.41. The molecule has 0 heteroatoms. The molecule has 1 aromatic rings. The molecule has 0 spiro atoms.